The molecule has 1 aromatic carbocycles. The van der Waals surface area contributed by atoms with E-state index in [1.165, 1.54) is 5.56 Å². The minimum atomic E-state index is 0.0205. The molecule has 3 aromatic heterocycles. The van der Waals surface area contributed by atoms with Crippen molar-refractivity contribution in [1.29, 1.82) is 0 Å². The smallest absolute Gasteiger partial charge is 0.257 e. The van der Waals surface area contributed by atoms with Crippen molar-refractivity contribution in [3.8, 4) is 0 Å². The number of likely N-dealkylation sites (tertiary alicyclic amines) is 1. The molecule has 31 heavy (non-hydrogen) atoms. The number of nitrogens with one attached hydrogen (secondary N) is 1. The zero-order valence-corrected chi connectivity index (χ0v) is 17.5. The number of aryl methyl sites for hydroxylation is 1. The maximum absolute atomic E-state index is 12.9. The first-order valence-corrected chi connectivity index (χ1v) is 10.6. The number of pyridine rings is 1. The van der Waals surface area contributed by atoms with Gasteiger partial charge in [-0.15, -0.1) is 0 Å². The van der Waals surface area contributed by atoms with E-state index < -0.39 is 0 Å². The molecule has 1 N–H and O–H groups in total. The highest BCUT2D eigenvalue weighted by Gasteiger charge is 2.29. The maximum atomic E-state index is 12.9. The molecule has 1 fully saturated rings. The largest absolute Gasteiger partial charge is 0.469 e. The van der Waals surface area contributed by atoms with Crippen molar-refractivity contribution in [2.45, 2.75) is 32.2 Å². The van der Waals surface area contributed by atoms with Crippen LogP contribution in [0.4, 0.5) is 5.69 Å². The molecule has 1 saturated heterocycles. The fourth-order valence-electron chi connectivity index (χ4n) is 4.13. The molecule has 158 valence electrons. The minimum absolute atomic E-state index is 0.0205. The third-order valence-electron chi connectivity index (χ3n) is 5.85. The fraction of sp³-hybridized carbons (Fsp3) is 0.292. The molecule has 0 aliphatic carbocycles. The van der Waals surface area contributed by atoms with E-state index in [-0.39, 0.29) is 11.8 Å². The van der Waals surface area contributed by atoms with E-state index in [9.17, 15) is 4.79 Å². The summed E-state index contributed by atoms with van der Waals surface area (Å²) in [5.41, 5.74) is 3.66. The monoisotopic (exact) mass is 415 g/mol. The Morgan fingerprint density at radius 1 is 1.19 bits per heavy atom. The number of nitrogens with zero attached hydrogens (tertiary/aromatic N) is 4. The summed E-state index contributed by atoms with van der Waals surface area (Å²) in [5, 5.41) is 8.17. The number of amides is 1. The fourth-order valence-corrected chi connectivity index (χ4v) is 4.13. The molecule has 0 radical (unpaired) electrons. The van der Waals surface area contributed by atoms with Gasteiger partial charge in [-0.3, -0.25) is 4.79 Å². The number of rotatable bonds is 5. The van der Waals surface area contributed by atoms with Gasteiger partial charge < -0.3 is 14.6 Å². The Bertz CT molecular complexity index is 1200. The Balaban J connectivity index is 1.30. The van der Waals surface area contributed by atoms with Crippen molar-refractivity contribution < 1.29 is 9.21 Å². The van der Waals surface area contributed by atoms with Gasteiger partial charge in [0.05, 0.1) is 23.7 Å². The normalized spacial score (nSPS) is 16.5. The van der Waals surface area contributed by atoms with Crippen LogP contribution in [0.1, 0.15) is 46.3 Å². The third-order valence-corrected chi connectivity index (χ3v) is 5.85. The highest BCUT2D eigenvalue weighted by molar-refractivity contribution is 5.95. The second-order valence-electron chi connectivity index (χ2n) is 8.01. The first-order chi connectivity index (χ1) is 15.2. The minimum Gasteiger partial charge on any atom is -0.469 e. The van der Waals surface area contributed by atoms with Gasteiger partial charge in [0.15, 0.2) is 11.5 Å². The molecule has 1 aliphatic rings. The number of benzene rings is 1. The molecular weight excluding hydrogens is 390 g/mol. The highest BCUT2D eigenvalue weighted by atomic mass is 16.3. The van der Waals surface area contributed by atoms with E-state index in [0.29, 0.717) is 17.9 Å². The summed E-state index contributed by atoms with van der Waals surface area (Å²) < 4.78 is 7.13. The Hall–Kier alpha value is -3.61. The van der Waals surface area contributed by atoms with Gasteiger partial charge in [0, 0.05) is 25.6 Å². The standard InChI is InChI=1S/C24H25N5O2/c1-17-21(11-13-31-17)24(30)28-12-5-8-19(15-28)23-26-22-10-9-20(16-29(22)27-23)25-14-18-6-3-2-4-7-18/h2-4,6-7,9-11,13,16,19,25H,5,8,12,14-15H2,1H3/t19-/m1/s1. The van der Waals surface area contributed by atoms with E-state index in [0.717, 1.165) is 43.1 Å². The predicted octanol–water partition coefficient (Wildman–Crippen LogP) is 4.26. The lowest BCUT2D eigenvalue weighted by Gasteiger charge is -2.31. The van der Waals surface area contributed by atoms with Gasteiger partial charge in [-0.25, -0.2) is 9.50 Å². The first-order valence-electron chi connectivity index (χ1n) is 10.6. The summed E-state index contributed by atoms with van der Waals surface area (Å²) in [4.78, 5) is 19.5. The van der Waals surface area contributed by atoms with E-state index in [1.807, 2.05) is 52.9 Å². The summed E-state index contributed by atoms with van der Waals surface area (Å²) in [6.45, 7) is 3.95. The Morgan fingerprint density at radius 2 is 2.06 bits per heavy atom. The van der Waals surface area contributed by atoms with E-state index in [4.69, 9.17) is 14.5 Å². The first kappa shape index (κ1) is 19.4. The number of hydrogen-bond donors (Lipinski definition) is 1. The van der Waals surface area contributed by atoms with Crippen LogP contribution in [-0.4, -0.2) is 38.5 Å². The molecule has 1 atom stereocenters. The van der Waals surface area contributed by atoms with Crippen LogP contribution in [0.5, 0.6) is 0 Å². The highest BCUT2D eigenvalue weighted by Crippen LogP contribution is 2.27. The van der Waals surface area contributed by atoms with Crippen LogP contribution in [0.25, 0.3) is 5.65 Å². The molecule has 0 unspecified atom stereocenters. The quantitative estimate of drug-likeness (QED) is 0.527. The number of aromatic nitrogens is 3. The van der Waals surface area contributed by atoms with Crippen molar-refractivity contribution in [3.05, 3.63) is 83.7 Å². The number of fused-ring (bicyclic) bond motifs is 1. The second-order valence-corrected chi connectivity index (χ2v) is 8.01. The topological polar surface area (TPSA) is 75.7 Å². The van der Waals surface area contributed by atoms with Crippen LogP contribution in [0.2, 0.25) is 0 Å². The van der Waals surface area contributed by atoms with Crippen molar-refractivity contribution in [2.75, 3.05) is 18.4 Å². The molecule has 7 nitrogen and oxygen atoms in total. The van der Waals surface area contributed by atoms with Crippen molar-refractivity contribution in [3.63, 3.8) is 0 Å². The molecule has 0 saturated carbocycles. The zero-order valence-electron chi connectivity index (χ0n) is 17.5. The lowest BCUT2D eigenvalue weighted by molar-refractivity contribution is 0.0703. The summed E-state index contributed by atoms with van der Waals surface area (Å²) in [6, 6.07) is 16.0. The van der Waals surface area contributed by atoms with E-state index in [2.05, 4.69) is 17.4 Å². The second kappa shape index (κ2) is 8.26. The third kappa shape index (κ3) is 4.03. The van der Waals surface area contributed by atoms with Crippen LogP contribution in [-0.2, 0) is 6.54 Å². The molecule has 4 aromatic rings. The van der Waals surface area contributed by atoms with Gasteiger partial charge in [-0.2, -0.15) is 5.10 Å². The summed E-state index contributed by atoms with van der Waals surface area (Å²) in [5.74, 6) is 1.60. The summed E-state index contributed by atoms with van der Waals surface area (Å²) in [6.07, 6.45) is 5.45. The lowest BCUT2D eigenvalue weighted by atomic mass is 9.97. The molecular formula is C24H25N5O2. The van der Waals surface area contributed by atoms with Crippen LogP contribution in [0, 0.1) is 6.92 Å². The van der Waals surface area contributed by atoms with Crippen molar-refractivity contribution >= 4 is 17.2 Å². The number of furan rings is 1. The van der Waals surface area contributed by atoms with Gasteiger partial charge in [0.25, 0.3) is 5.91 Å². The predicted molar refractivity (Wildman–Crippen MR) is 118 cm³/mol. The average Bonchev–Trinajstić information content (AvgIpc) is 3.43. The molecule has 0 bridgehead atoms. The van der Waals surface area contributed by atoms with Crippen LogP contribution in [0.3, 0.4) is 0 Å². The number of carbonyl (C=O) groups is 1. The Kier molecular flexibility index (Phi) is 5.16. The van der Waals surface area contributed by atoms with Crippen LogP contribution in [0.15, 0.2) is 65.4 Å². The average molecular weight is 415 g/mol. The van der Waals surface area contributed by atoms with Crippen LogP contribution < -0.4 is 5.32 Å². The number of piperidine rings is 1. The molecule has 1 aliphatic heterocycles. The SMILES string of the molecule is Cc1occc1C(=O)N1CCC[C@@H](c2nc3ccc(NCc4ccccc4)cn3n2)C1. The van der Waals surface area contributed by atoms with Crippen molar-refractivity contribution in [1.82, 2.24) is 19.5 Å². The van der Waals surface area contributed by atoms with Crippen LogP contribution >= 0.6 is 0 Å². The van der Waals surface area contributed by atoms with Gasteiger partial charge in [-0.05, 0) is 43.5 Å². The van der Waals surface area contributed by atoms with Gasteiger partial charge >= 0.3 is 0 Å². The summed E-state index contributed by atoms with van der Waals surface area (Å²) >= 11 is 0. The van der Waals surface area contributed by atoms with Crippen molar-refractivity contribution in [2.24, 2.45) is 0 Å². The number of hydrogen-bond acceptors (Lipinski definition) is 5. The lowest BCUT2D eigenvalue weighted by Crippen LogP contribution is -2.39. The molecule has 5 rings (SSSR count). The van der Waals surface area contributed by atoms with E-state index in [1.54, 1.807) is 12.3 Å². The summed E-state index contributed by atoms with van der Waals surface area (Å²) in [7, 11) is 0. The maximum Gasteiger partial charge on any atom is 0.257 e. The van der Waals surface area contributed by atoms with E-state index >= 15 is 0 Å². The van der Waals surface area contributed by atoms with Gasteiger partial charge in [-0.1, -0.05) is 30.3 Å². The molecule has 4 heterocycles. The molecule has 7 heteroatoms. The van der Waals surface area contributed by atoms with Gasteiger partial charge in [0.1, 0.15) is 5.76 Å². The Morgan fingerprint density at radius 3 is 2.87 bits per heavy atom. The molecule has 0 spiro atoms. The molecule has 1 amide bonds. The number of anilines is 1. The van der Waals surface area contributed by atoms with Gasteiger partial charge in [0.2, 0.25) is 0 Å². The zero-order chi connectivity index (χ0) is 21.2. The Labute approximate surface area is 180 Å². The number of carbonyl (C=O) groups excluding carboxylic acids is 1.